The van der Waals surface area contributed by atoms with Crippen molar-refractivity contribution < 1.29 is 23.5 Å². The van der Waals surface area contributed by atoms with E-state index in [1.807, 2.05) is 0 Å². The molecule has 0 saturated heterocycles. The van der Waals surface area contributed by atoms with Crippen molar-refractivity contribution in [1.29, 1.82) is 0 Å². The monoisotopic (exact) mass is 282 g/mol. The summed E-state index contributed by atoms with van der Waals surface area (Å²) in [6, 6.07) is 2.33. The van der Waals surface area contributed by atoms with Gasteiger partial charge in [0.25, 0.3) is 11.8 Å². The molecule has 2 rings (SSSR count). The second-order valence-corrected chi connectivity index (χ2v) is 4.25. The maximum Gasteiger partial charge on any atom is 0.277 e. The highest BCUT2D eigenvalue weighted by molar-refractivity contribution is 6.17. The predicted octanol–water partition coefficient (Wildman–Crippen LogP) is 0.930. The number of imide groups is 1. The molecule has 0 aromatic heterocycles. The summed E-state index contributed by atoms with van der Waals surface area (Å²) < 4.78 is 27.4. The zero-order valence-corrected chi connectivity index (χ0v) is 10.6. The Balaban J connectivity index is 2.28. The minimum Gasteiger partial charge on any atom is -0.395 e. The lowest BCUT2D eigenvalue weighted by atomic mass is 10.2. The van der Waals surface area contributed by atoms with Crippen molar-refractivity contribution in [2.75, 3.05) is 18.5 Å². The fraction of sp³-hybridized carbons (Fsp3) is 0.231. The molecule has 1 heterocycles. The molecule has 0 atom stereocenters. The van der Waals surface area contributed by atoms with Crippen molar-refractivity contribution in [2.45, 2.75) is 6.92 Å². The van der Waals surface area contributed by atoms with E-state index >= 15 is 0 Å². The lowest BCUT2D eigenvalue weighted by molar-refractivity contribution is -0.137. The van der Waals surface area contributed by atoms with E-state index in [4.69, 9.17) is 5.11 Å². The largest absolute Gasteiger partial charge is 0.395 e. The van der Waals surface area contributed by atoms with Crippen LogP contribution >= 0.6 is 0 Å². The number of hydrogen-bond acceptors (Lipinski definition) is 4. The molecule has 0 fully saturated rings. The first-order chi connectivity index (χ1) is 9.45. The number of anilines is 1. The Hall–Kier alpha value is -2.28. The molecule has 1 aromatic rings. The molecule has 1 aliphatic rings. The van der Waals surface area contributed by atoms with Crippen molar-refractivity contribution in [3.63, 3.8) is 0 Å². The van der Waals surface area contributed by atoms with E-state index in [-0.39, 0.29) is 24.4 Å². The molecule has 0 spiro atoms. The number of halogens is 2. The Morgan fingerprint density at radius 1 is 1.30 bits per heavy atom. The van der Waals surface area contributed by atoms with Crippen molar-refractivity contribution in [1.82, 2.24) is 4.90 Å². The van der Waals surface area contributed by atoms with Gasteiger partial charge in [-0.3, -0.25) is 14.5 Å². The van der Waals surface area contributed by atoms with E-state index < -0.39 is 29.1 Å². The number of carbonyl (C=O) groups excluding carboxylic acids is 2. The smallest absolute Gasteiger partial charge is 0.277 e. The van der Waals surface area contributed by atoms with Gasteiger partial charge in [0, 0.05) is 6.08 Å². The number of carbonyl (C=O) groups is 2. The number of aliphatic hydroxyl groups is 1. The van der Waals surface area contributed by atoms with Gasteiger partial charge in [0.2, 0.25) is 0 Å². The number of amides is 2. The van der Waals surface area contributed by atoms with Gasteiger partial charge >= 0.3 is 0 Å². The average Bonchev–Trinajstić information content (AvgIpc) is 2.67. The summed E-state index contributed by atoms with van der Waals surface area (Å²) in [4.78, 5) is 24.1. The van der Waals surface area contributed by atoms with Gasteiger partial charge in [-0.25, -0.2) is 8.78 Å². The SMILES string of the molecule is Cc1ccc(F)c(NC2=CC(=O)N(CCO)C2=O)c1F. The summed E-state index contributed by atoms with van der Waals surface area (Å²) in [5.41, 5.74) is -0.506. The number of rotatable bonds is 4. The average molecular weight is 282 g/mol. The maximum absolute atomic E-state index is 13.8. The molecule has 0 saturated carbocycles. The first-order valence-electron chi connectivity index (χ1n) is 5.85. The number of β-amino-alcohol motifs (C(OH)–C–C–N with tert-alkyl or cyclic N) is 1. The Morgan fingerprint density at radius 2 is 2.00 bits per heavy atom. The molecule has 0 unspecified atom stereocenters. The van der Waals surface area contributed by atoms with Crippen LogP contribution in [-0.4, -0.2) is 35.0 Å². The number of nitrogens with one attached hydrogen (secondary N) is 1. The number of aryl methyl sites for hydroxylation is 1. The Kier molecular flexibility index (Phi) is 3.80. The summed E-state index contributed by atoms with van der Waals surface area (Å²) in [5.74, 6) is -3.06. The molecular weight excluding hydrogens is 270 g/mol. The second kappa shape index (κ2) is 5.38. The number of hydrogen-bond donors (Lipinski definition) is 2. The third-order valence-corrected chi connectivity index (χ3v) is 2.88. The van der Waals surface area contributed by atoms with E-state index in [1.165, 1.54) is 13.0 Å². The summed E-state index contributed by atoms with van der Waals surface area (Å²) in [6.45, 7) is 0.901. The van der Waals surface area contributed by atoms with Crippen LogP contribution in [0.4, 0.5) is 14.5 Å². The van der Waals surface area contributed by atoms with Crippen molar-refractivity contribution in [3.05, 3.63) is 41.1 Å². The van der Waals surface area contributed by atoms with E-state index in [0.29, 0.717) is 0 Å². The van der Waals surface area contributed by atoms with Gasteiger partial charge in [-0.1, -0.05) is 6.07 Å². The standard InChI is InChI=1S/C13H12F2N2O3/c1-7-2-3-8(14)12(11(7)15)16-9-6-10(19)17(4-5-18)13(9)20/h2-3,6,16,18H,4-5H2,1H3. The van der Waals surface area contributed by atoms with Crippen LogP contribution in [0, 0.1) is 18.6 Å². The topological polar surface area (TPSA) is 69.6 Å². The van der Waals surface area contributed by atoms with Gasteiger partial charge in [0.1, 0.15) is 17.2 Å². The summed E-state index contributed by atoms with van der Waals surface area (Å²) in [6.07, 6.45) is 0.944. The predicted molar refractivity (Wildman–Crippen MR) is 66.6 cm³/mol. The van der Waals surface area contributed by atoms with Gasteiger partial charge < -0.3 is 10.4 Å². The Labute approximate surface area is 113 Å². The van der Waals surface area contributed by atoms with E-state index in [0.717, 1.165) is 17.0 Å². The van der Waals surface area contributed by atoms with Crippen LogP contribution in [0.15, 0.2) is 23.9 Å². The molecule has 0 aliphatic carbocycles. The van der Waals surface area contributed by atoms with E-state index in [1.54, 1.807) is 0 Å². The van der Waals surface area contributed by atoms with Gasteiger partial charge in [-0.2, -0.15) is 0 Å². The Bertz CT molecular complexity index is 614. The van der Waals surface area contributed by atoms with Gasteiger partial charge in [0.05, 0.1) is 13.2 Å². The summed E-state index contributed by atoms with van der Waals surface area (Å²) in [5, 5.41) is 11.1. The van der Waals surface area contributed by atoms with Crippen LogP contribution < -0.4 is 5.32 Å². The van der Waals surface area contributed by atoms with Gasteiger partial charge in [-0.15, -0.1) is 0 Å². The highest BCUT2D eigenvalue weighted by atomic mass is 19.1. The fourth-order valence-electron chi connectivity index (χ4n) is 1.82. The van der Waals surface area contributed by atoms with Crippen LogP contribution in [0.3, 0.4) is 0 Å². The molecule has 2 N–H and O–H groups in total. The van der Waals surface area contributed by atoms with Crippen LogP contribution in [0.1, 0.15) is 5.56 Å². The molecule has 1 aliphatic heterocycles. The lowest BCUT2D eigenvalue weighted by Gasteiger charge is -2.14. The summed E-state index contributed by atoms with van der Waals surface area (Å²) in [7, 11) is 0. The maximum atomic E-state index is 13.8. The number of nitrogens with zero attached hydrogens (tertiary/aromatic N) is 1. The molecular formula is C13H12F2N2O3. The lowest BCUT2D eigenvalue weighted by Crippen LogP contribution is -2.34. The van der Waals surface area contributed by atoms with E-state index in [9.17, 15) is 18.4 Å². The highest BCUT2D eigenvalue weighted by Crippen LogP contribution is 2.25. The zero-order valence-electron chi connectivity index (χ0n) is 10.6. The third kappa shape index (κ3) is 2.39. The van der Waals surface area contributed by atoms with Crippen LogP contribution in [0.25, 0.3) is 0 Å². The van der Waals surface area contributed by atoms with Crippen molar-refractivity contribution in [2.24, 2.45) is 0 Å². The number of benzene rings is 1. The fourth-order valence-corrected chi connectivity index (χ4v) is 1.82. The molecule has 0 bridgehead atoms. The third-order valence-electron chi connectivity index (χ3n) is 2.88. The highest BCUT2D eigenvalue weighted by Gasteiger charge is 2.31. The Morgan fingerprint density at radius 3 is 2.65 bits per heavy atom. The molecule has 1 aromatic carbocycles. The van der Waals surface area contributed by atoms with Gasteiger partial charge in [0.15, 0.2) is 5.82 Å². The molecule has 2 amide bonds. The normalized spacial score (nSPS) is 14.8. The minimum absolute atomic E-state index is 0.169. The molecule has 20 heavy (non-hydrogen) atoms. The van der Waals surface area contributed by atoms with Crippen LogP contribution in [-0.2, 0) is 9.59 Å². The van der Waals surface area contributed by atoms with E-state index in [2.05, 4.69) is 5.32 Å². The van der Waals surface area contributed by atoms with Crippen LogP contribution in [0.2, 0.25) is 0 Å². The molecule has 106 valence electrons. The van der Waals surface area contributed by atoms with Crippen molar-refractivity contribution >= 4 is 17.5 Å². The van der Waals surface area contributed by atoms with Gasteiger partial charge in [-0.05, 0) is 18.6 Å². The van der Waals surface area contributed by atoms with Crippen LogP contribution in [0.5, 0.6) is 0 Å². The minimum atomic E-state index is -0.866. The first-order valence-corrected chi connectivity index (χ1v) is 5.85. The zero-order chi connectivity index (χ0) is 14.9. The molecule has 5 nitrogen and oxygen atoms in total. The number of aliphatic hydroxyl groups excluding tert-OH is 1. The van der Waals surface area contributed by atoms with Crippen molar-refractivity contribution in [3.8, 4) is 0 Å². The second-order valence-electron chi connectivity index (χ2n) is 4.25. The summed E-state index contributed by atoms with van der Waals surface area (Å²) >= 11 is 0. The first kappa shape index (κ1) is 14.1. The molecule has 7 heteroatoms. The quantitative estimate of drug-likeness (QED) is 0.806. The molecule has 0 radical (unpaired) electrons.